The first-order valence-corrected chi connectivity index (χ1v) is 12.3. The van der Waals surface area contributed by atoms with E-state index >= 15 is 0 Å². The van der Waals surface area contributed by atoms with Crippen LogP contribution in [0.15, 0.2) is 47.4 Å². The van der Waals surface area contributed by atoms with Gasteiger partial charge in [-0.1, -0.05) is 11.6 Å². The number of aromatic nitrogens is 1. The van der Waals surface area contributed by atoms with E-state index in [0.29, 0.717) is 5.13 Å². The molecule has 0 unspecified atom stereocenters. The summed E-state index contributed by atoms with van der Waals surface area (Å²) >= 11 is 7.60. The van der Waals surface area contributed by atoms with Crippen LogP contribution in [-0.2, 0) is 23.0 Å². The zero-order valence-electron chi connectivity index (χ0n) is 17.3. The quantitative estimate of drug-likeness (QED) is 0.579. The number of nitrogens with one attached hydrogen (secondary N) is 1. The fraction of sp³-hybridized carbons (Fsp3) is 0.238. The zero-order chi connectivity index (χ0) is 23.0. The largest absolute Gasteiger partial charge is 0.301 e. The Balaban J connectivity index is 1.59. The summed E-state index contributed by atoms with van der Waals surface area (Å²) in [7, 11) is -0.627. The van der Waals surface area contributed by atoms with Gasteiger partial charge in [-0.2, -0.15) is 0 Å². The second-order valence-corrected chi connectivity index (χ2v) is 10.9. The highest BCUT2D eigenvalue weighted by atomic mass is 35.5. The van der Waals surface area contributed by atoms with Gasteiger partial charge in [-0.05, 0) is 49.5 Å². The molecule has 1 aliphatic rings. The van der Waals surface area contributed by atoms with Gasteiger partial charge in [0.15, 0.2) is 5.13 Å². The van der Waals surface area contributed by atoms with Gasteiger partial charge in [0.2, 0.25) is 0 Å². The standard InChI is InChI=1S/C21H20ClFN4O3S2/c1-26-10-9-18-19(12-26)31-21(24-18)25-20(28)16-11-15(7-8-17(16)22)32(29,30)27(2)14-5-3-13(23)4-6-14/h3-8,11H,9-10,12H2,1-2H3,(H,24,25,28). The van der Waals surface area contributed by atoms with Crippen molar-refractivity contribution in [1.29, 1.82) is 0 Å². The summed E-state index contributed by atoms with van der Waals surface area (Å²) < 4.78 is 40.3. The number of rotatable bonds is 5. The molecular formula is C21H20ClFN4O3S2. The summed E-state index contributed by atoms with van der Waals surface area (Å²) in [6, 6.07) is 8.99. The number of carbonyl (C=O) groups is 1. The van der Waals surface area contributed by atoms with E-state index in [1.807, 2.05) is 7.05 Å². The average Bonchev–Trinajstić information content (AvgIpc) is 3.15. The van der Waals surface area contributed by atoms with E-state index in [1.54, 1.807) is 0 Å². The lowest BCUT2D eigenvalue weighted by Crippen LogP contribution is -2.27. The van der Waals surface area contributed by atoms with Crippen LogP contribution in [0.3, 0.4) is 0 Å². The summed E-state index contributed by atoms with van der Waals surface area (Å²) in [5.74, 6) is -1.02. The molecule has 0 fully saturated rings. The molecule has 0 saturated heterocycles. The van der Waals surface area contributed by atoms with E-state index in [2.05, 4.69) is 15.2 Å². The van der Waals surface area contributed by atoms with Crippen LogP contribution >= 0.6 is 22.9 Å². The highest BCUT2D eigenvalue weighted by molar-refractivity contribution is 7.92. The molecule has 4 rings (SSSR count). The predicted octanol–water partition coefficient (Wildman–Crippen LogP) is 4.00. The number of amides is 1. The van der Waals surface area contributed by atoms with Crippen LogP contribution in [0, 0.1) is 5.82 Å². The van der Waals surface area contributed by atoms with E-state index in [4.69, 9.17) is 11.6 Å². The van der Waals surface area contributed by atoms with Gasteiger partial charge in [0, 0.05) is 31.4 Å². The molecule has 3 aromatic rings. The lowest BCUT2D eigenvalue weighted by molar-refractivity contribution is 0.102. The lowest BCUT2D eigenvalue weighted by Gasteiger charge is -2.20. The van der Waals surface area contributed by atoms with Crippen LogP contribution < -0.4 is 9.62 Å². The van der Waals surface area contributed by atoms with Gasteiger partial charge >= 0.3 is 0 Å². The lowest BCUT2D eigenvalue weighted by atomic mass is 10.2. The van der Waals surface area contributed by atoms with Crippen molar-refractivity contribution in [2.45, 2.75) is 17.9 Å². The number of hydrogen-bond acceptors (Lipinski definition) is 6. The molecular weight excluding hydrogens is 475 g/mol. The second-order valence-electron chi connectivity index (χ2n) is 7.42. The summed E-state index contributed by atoms with van der Waals surface area (Å²) in [6.07, 6.45) is 0.808. The van der Waals surface area contributed by atoms with Crippen LogP contribution in [-0.4, -0.2) is 44.8 Å². The molecule has 32 heavy (non-hydrogen) atoms. The Morgan fingerprint density at radius 1 is 1.25 bits per heavy atom. The van der Waals surface area contributed by atoms with E-state index in [1.165, 1.54) is 60.8 Å². The van der Waals surface area contributed by atoms with E-state index in [9.17, 15) is 17.6 Å². The Labute approximate surface area is 194 Å². The average molecular weight is 495 g/mol. The van der Waals surface area contributed by atoms with Crippen LogP contribution in [0.4, 0.5) is 15.2 Å². The zero-order valence-corrected chi connectivity index (χ0v) is 19.7. The molecule has 1 aromatic heterocycles. The van der Waals surface area contributed by atoms with Gasteiger partial charge in [0.05, 0.1) is 26.9 Å². The summed E-state index contributed by atoms with van der Waals surface area (Å²) in [4.78, 5) is 20.5. The molecule has 2 aromatic carbocycles. The Morgan fingerprint density at radius 3 is 2.69 bits per heavy atom. The number of nitrogens with zero attached hydrogens (tertiary/aromatic N) is 3. The van der Waals surface area contributed by atoms with Crippen LogP contribution in [0.1, 0.15) is 20.9 Å². The first kappa shape index (κ1) is 22.7. The molecule has 1 amide bonds. The first-order valence-electron chi connectivity index (χ1n) is 9.67. The number of benzene rings is 2. The second kappa shape index (κ2) is 8.78. The van der Waals surface area contributed by atoms with E-state index < -0.39 is 21.7 Å². The normalized spacial score (nSPS) is 14.1. The molecule has 0 atom stereocenters. The van der Waals surface area contributed by atoms with Crippen LogP contribution in [0.5, 0.6) is 0 Å². The van der Waals surface area contributed by atoms with Crippen molar-refractivity contribution in [2.75, 3.05) is 30.3 Å². The minimum Gasteiger partial charge on any atom is -0.301 e. The van der Waals surface area contributed by atoms with Crippen molar-refractivity contribution in [2.24, 2.45) is 0 Å². The molecule has 1 aliphatic heterocycles. The molecule has 7 nitrogen and oxygen atoms in total. The number of fused-ring (bicyclic) bond motifs is 1. The van der Waals surface area contributed by atoms with Crippen LogP contribution in [0.25, 0.3) is 0 Å². The van der Waals surface area contributed by atoms with Crippen molar-refractivity contribution >= 4 is 49.7 Å². The molecule has 0 spiro atoms. The maximum atomic E-state index is 13.2. The van der Waals surface area contributed by atoms with Crippen molar-refractivity contribution in [3.8, 4) is 0 Å². The van der Waals surface area contributed by atoms with Crippen molar-refractivity contribution < 1.29 is 17.6 Å². The number of hydrogen-bond donors (Lipinski definition) is 1. The smallest absolute Gasteiger partial charge is 0.264 e. The highest BCUT2D eigenvalue weighted by Gasteiger charge is 2.25. The Morgan fingerprint density at radius 2 is 1.97 bits per heavy atom. The molecule has 2 heterocycles. The summed E-state index contributed by atoms with van der Waals surface area (Å²) in [5, 5.41) is 3.30. The number of sulfonamides is 1. The third-order valence-corrected chi connectivity index (χ3v) is 8.28. The van der Waals surface area contributed by atoms with Crippen LogP contribution in [0.2, 0.25) is 5.02 Å². The number of halogens is 2. The maximum Gasteiger partial charge on any atom is 0.264 e. The highest BCUT2D eigenvalue weighted by Crippen LogP contribution is 2.30. The molecule has 168 valence electrons. The van der Waals surface area contributed by atoms with E-state index in [-0.39, 0.29) is 21.2 Å². The Hall–Kier alpha value is -2.53. The van der Waals surface area contributed by atoms with Crippen molar-refractivity contribution in [3.63, 3.8) is 0 Å². The molecule has 1 N–H and O–H groups in total. The number of likely N-dealkylation sites (N-methyl/N-ethyl adjacent to an activating group) is 1. The molecule has 11 heteroatoms. The third-order valence-electron chi connectivity index (χ3n) is 5.17. The summed E-state index contributed by atoms with van der Waals surface area (Å²) in [6.45, 7) is 1.67. The van der Waals surface area contributed by atoms with E-state index in [0.717, 1.165) is 34.4 Å². The SMILES string of the molecule is CN1CCc2nc(NC(=O)c3cc(S(=O)(=O)N(C)c4ccc(F)cc4)ccc3Cl)sc2C1. The van der Waals surface area contributed by atoms with Gasteiger partial charge in [0.1, 0.15) is 5.82 Å². The van der Waals surface area contributed by atoms with Gasteiger partial charge in [0.25, 0.3) is 15.9 Å². The number of thiazole rings is 1. The maximum absolute atomic E-state index is 13.2. The molecule has 0 saturated carbocycles. The van der Waals surface area contributed by atoms with Gasteiger partial charge < -0.3 is 4.90 Å². The minimum absolute atomic E-state index is 0.0190. The van der Waals surface area contributed by atoms with Crippen molar-refractivity contribution in [3.05, 3.63) is 69.4 Å². The molecule has 0 radical (unpaired) electrons. The van der Waals surface area contributed by atoms with Gasteiger partial charge in [-0.3, -0.25) is 14.4 Å². The molecule has 0 bridgehead atoms. The minimum atomic E-state index is -4.01. The predicted molar refractivity (Wildman–Crippen MR) is 124 cm³/mol. The topological polar surface area (TPSA) is 82.6 Å². The number of carbonyl (C=O) groups excluding carboxylic acids is 1. The summed E-state index contributed by atoms with van der Waals surface area (Å²) in [5.41, 5.74) is 1.27. The fourth-order valence-corrected chi connectivity index (χ4v) is 5.84. The molecule has 0 aliphatic carbocycles. The number of anilines is 2. The Kier molecular flexibility index (Phi) is 6.22. The van der Waals surface area contributed by atoms with Crippen molar-refractivity contribution in [1.82, 2.24) is 9.88 Å². The van der Waals surface area contributed by atoms with Gasteiger partial charge in [-0.25, -0.2) is 17.8 Å². The Bertz CT molecular complexity index is 1280. The fourth-order valence-electron chi connectivity index (χ4n) is 3.33. The third kappa shape index (κ3) is 4.49. The first-order chi connectivity index (χ1) is 15.1. The monoisotopic (exact) mass is 494 g/mol. The van der Waals surface area contributed by atoms with Gasteiger partial charge in [-0.15, -0.1) is 11.3 Å².